The summed E-state index contributed by atoms with van der Waals surface area (Å²) in [5.74, 6) is 2.73. The highest BCUT2D eigenvalue weighted by Gasteiger charge is 2.82. The van der Waals surface area contributed by atoms with Gasteiger partial charge in [0.2, 0.25) is 0 Å². The molecule has 3 nitrogen and oxygen atoms in total. The molecule has 5 saturated carbocycles. The number of hydrogen-bond donors (Lipinski definition) is 1. The molecule has 0 amide bonds. The van der Waals surface area contributed by atoms with Crippen LogP contribution in [0, 0.1) is 50.7 Å². The molecule has 206 valence electrons. The molecule has 3 heteroatoms. The lowest BCUT2D eigenvalue weighted by molar-refractivity contribution is -0.162. The Morgan fingerprint density at radius 1 is 0.778 bits per heavy atom. The third-order valence-corrected chi connectivity index (χ3v) is 14.4. The van der Waals surface area contributed by atoms with Gasteiger partial charge in [-0.2, -0.15) is 0 Å². The van der Waals surface area contributed by atoms with Crippen molar-refractivity contribution in [2.24, 2.45) is 50.7 Å². The summed E-state index contributed by atoms with van der Waals surface area (Å²) in [6.45, 7) is 21.3. The Hall–Kier alpha value is -0.120. The van der Waals surface area contributed by atoms with Gasteiger partial charge >= 0.3 is 0 Å². The molecule has 0 bridgehead atoms. The molecule has 5 aliphatic carbocycles. The molecule has 0 aromatic heterocycles. The normalized spacial score (nSPS) is 54.7. The molecule has 1 aliphatic heterocycles. The van der Waals surface area contributed by atoms with Crippen LogP contribution >= 0.6 is 0 Å². The molecule has 6 fully saturated rings. The maximum Gasteiger partial charge on any atom is 0.164 e. The molecule has 0 aromatic carbocycles. The van der Waals surface area contributed by atoms with E-state index in [-0.39, 0.29) is 23.2 Å². The van der Waals surface area contributed by atoms with Gasteiger partial charge in [0.1, 0.15) is 0 Å². The van der Waals surface area contributed by atoms with Crippen LogP contribution in [0.4, 0.5) is 0 Å². The van der Waals surface area contributed by atoms with Gasteiger partial charge in [-0.15, -0.1) is 0 Å². The lowest BCUT2D eigenvalue weighted by Gasteiger charge is -2.63. The van der Waals surface area contributed by atoms with E-state index in [4.69, 9.17) is 9.47 Å². The molecule has 36 heavy (non-hydrogen) atoms. The molecule has 1 saturated heterocycles. The molecular weight excluding hydrogens is 444 g/mol. The summed E-state index contributed by atoms with van der Waals surface area (Å²) >= 11 is 0. The van der Waals surface area contributed by atoms with E-state index in [0.29, 0.717) is 21.7 Å². The monoisotopic (exact) mass is 500 g/mol. The van der Waals surface area contributed by atoms with Crippen LogP contribution in [0.25, 0.3) is 0 Å². The van der Waals surface area contributed by atoms with Gasteiger partial charge in [0.25, 0.3) is 0 Å². The molecule has 6 aliphatic rings. The predicted molar refractivity (Wildman–Crippen MR) is 145 cm³/mol. The summed E-state index contributed by atoms with van der Waals surface area (Å²) < 4.78 is 12.6. The average molecular weight is 501 g/mol. The number of ether oxygens (including phenoxy) is 2. The SMILES string of the molecule is CC(CCC1OC(C)(C)OC1(C)C)C1CC[C@@]2(C)C3CCC4C(C)(C)C(O)CC[C@@]45C[C@@]35CC[C@]12C. The molecule has 0 aromatic rings. The van der Waals surface area contributed by atoms with Gasteiger partial charge in [-0.1, -0.05) is 34.6 Å². The smallest absolute Gasteiger partial charge is 0.164 e. The topological polar surface area (TPSA) is 38.7 Å². The molecule has 1 N–H and O–H groups in total. The molecule has 6 unspecified atom stereocenters. The second-order valence-corrected chi connectivity index (χ2v) is 16.8. The van der Waals surface area contributed by atoms with Gasteiger partial charge in [0.05, 0.1) is 17.8 Å². The van der Waals surface area contributed by atoms with Crippen molar-refractivity contribution in [3.8, 4) is 0 Å². The van der Waals surface area contributed by atoms with Gasteiger partial charge in [-0.25, -0.2) is 0 Å². The summed E-state index contributed by atoms with van der Waals surface area (Å²) in [4.78, 5) is 0. The first-order chi connectivity index (χ1) is 16.5. The van der Waals surface area contributed by atoms with Gasteiger partial charge in [-0.05, 0) is 149 Å². The van der Waals surface area contributed by atoms with Gasteiger partial charge in [-0.3, -0.25) is 0 Å². The van der Waals surface area contributed by atoms with Crippen LogP contribution in [0.15, 0.2) is 0 Å². The van der Waals surface area contributed by atoms with Crippen LogP contribution in [-0.2, 0) is 9.47 Å². The Balaban J connectivity index is 1.20. The van der Waals surface area contributed by atoms with Crippen LogP contribution in [-0.4, -0.2) is 28.7 Å². The zero-order chi connectivity index (χ0) is 26.2. The van der Waals surface area contributed by atoms with Crippen LogP contribution < -0.4 is 0 Å². The molecule has 2 spiro atoms. The van der Waals surface area contributed by atoms with E-state index < -0.39 is 5.79 Å². The molecule has 6 rings (SSSR count). The maximum absolute atomic E-state index is 10.9. The van der Waals surface area contributed by atoms with E-state index in [1.165, 1.54) is 57.8 Å². The Bertz CT molecular complexity index is 907. The summed E-state index contributed by atoms with van der Waals surface area (Å²) in [5.41, 5.74) is 1.97. The fraction of sp³-hybridized carbons (Fsp3) is 1.00. The first-order valence-electron chi connectivity index (χ1n) is 15.6. The van der Waals surface area contributed by atoms with Crippen molar-refractivity contribution in [1.29, 1.82) is 0 Å². The third-order valence-electron chi connectivity index (χ3n) is 14.4. The third kappa shape index (κ3) is 3.15. The van der Waals surface area contributed by atoms with Crippen molar-refractivity contribution in [1.82, 2.24) is 0 Å². The minimum absolute atomic E-state index is 0.0927. The van der Waals surface area contributed by atoms with E-state index in [0.717, 1.165) is 36.5 Å². The van der Waals surface area contributed by atoms with E-state index in [9.17, 15) is 5.11 Å². The minimum Gasteiger partial charge on any atom is -0.393 e. The zero-order valence-corrected chi connectivity index (χ0v) is 25.0. The number of hydrogen-bond acceptors (Lipinski definition) is 3. The zero-order valence-electron chi connectivity index (χ0n) is 25.0. The van der Waals surface area contributed by atoms with Crippen LogP contribution in [0.2, 0.25) is 0 Å². The lowest BCUT2D eigenvalue weighted by Crippen LogP contribution is -2.57. The highest BCUT2D eigenvalue weighted by atomic mass is 16.8. The first kappa shape index (κ1) is 26.1. The van der Waals surface area contributed by atoms with E-state index in [1.54, 1.807) is 0 Å². The van der Waals surface area contributed by atoms with E-state index in [2.05, 4.69) is 62.3 Å². The standard InChI is InChI=1S/C33H56O3/c1-21(10-13-26-28(4,5)36-29(6,7)35-26)22-14-16-31(9)24-12-11-23-27(2,3)25(34)15-17-32(23)20-33(24,32)19-18-30(22,31)8/h21-26,34H,10-20H2,1-9H3/t21?,22?,23?,24?,25?,26?,30-,31+,32-,33+/m1/s1. The summed E-state index contributed by atoms with van der Waals surface area (Å²) in [6, 6.07) is 0. The van der Waals surface area contributed by atoms with Gasteiger partial charge in [0.15, 0.2) is 5.79 Å². The number of rotatable bonds is 4. The first-order valence-corrected chi connectivity index (χ1v) is 15.6. The van der Waals surface area contributed by atoms with Gasteiger partial charge < -0.3 is 14.6 Å². The molecule has 0 radical (unpaired) electrons. The van der Waals surface area contributed by atoms with Crippen molar-refractivity contribution in [3.05, 3.63) is 0 Å². The van der Waals surface area contributed by atoms with Crippen molar-refractivity contribution in [2.45, 2.75) is 157 Å². The molecule has 10 atom stereocenters. The maximum atomic E-state index is 10.9. The number of aliphatic hydroxyl groups is 1. The summed E-state index contributed by atoms with van der Waals surface area (Å²) in [7, 11) is 0. The van der Waals surface area contributed by atoms with Crippen molar-refractivity contribution >= 4 is 0 Å². The van der Waals surface area contributed by atoms with E-state index in [1.807, 2.05) is 0 Å². The highest BCUT2D eigenvalue weighted by Crippen LogP contribution is 2.89. The van der Waals surface area contributed by atoms with Crippen LogP contribution in [0.1, 0.15) is 133 Å². The Labute approximate surface area is 221 Å². The Morgan fingerprint density at radius 3 is 2.11 bits per heavy atom. The minimum atomic E-state index is -0.463. The number of fused-ring (bicyclic) bond motifs is 2. The van der Waals surface area contributed by atoms with Crippen molar-refractivity contribution in [3.63, 3.8) is 0 Å². The van der Waals surface area contributed by atoms with Crippen molar-refractivity contribution in [2.75, 3.05) is 0 Å². The second kappa shape index (κ2) is 7.54. The van der Waals surface area contributed by atoms with Crippen molar-refractivity contribution < 1.29 is 14.6 Å². The predicted octanol–water partition coefficient (Wildman–Crippen LogP) is 8.13. The fourth-order valence-electron chi connectivity index (χ4n) is 12.5. The lowest BCUT2D eigenvalue weighted by atomic mass is 9.41. The van der Waals surface area contributed by atoms with E-state index >= 15 is 0 Å². The molecular formula is C33H56O3. The molecule has 1 heterocycles. The van der Waals surface area contributed by atoms with Crippen LogP contribution in [0.5, 0.6) is 0 Å². The highest BCUT2D eigenvalue weighted by molar-refractivity contribution is 5.30. The largest absolute Gasteiger partial charge is 0.393 e. The quantitative estimate of drug-likeness (QED) is 0.423. The second-order valence-electron chi connectivity index (χ2n) is 16.8. The fourth-order valence-corrected chi connectivity index (χ4v) is 12.5. The number of aliphatic hydroxyl groups excluding tert-OH is 1. The summed E-state index contributed by atoms with van der Waals surface area (Å²) in [6.07, 6.45) is 14.7. The average Bonchev–Trinajstić information content (AvgIpc) is 3.27. The van der Waals surface area contributed by atoms with Crippen LogP contribution in [0.3, 0.4) is 0 Å². The van der Waals surface area contributed by atoms with Gasteiger partial charge in [0, 0.05) is 0 Å². The summed E-state index contributed by atoms with van der Waals surface area (Å²) in [5, 5.41) is 10.9. The Morgan fingerprint density at radius 2 is 1.44 bits per heavy atom. The Kier molecular flexibility index (Phi) is 5.47.